The van der Waals surface area contributed by atoms with E-state index in [4.69, 9.17) is 5.73 Å². The molecule has 104 valence electrons. The molecule has 1 heterocycles. The van der Waals surface area contributed by atoms with Crippen LogP contribution >= 0.6 is 11.8 Å². The molecule has 1 fully saturated rings. The van der Waals surface area contributed by atoms with Gasteiger partial charge in [0.25, 0.3) is 0 Å². The minimum absolute atomic E-state index is 0.0356. The van der Waals surface area contributed by atoms with Crippen LogP contribution in [0.15, 0.2) is 0 Å². The van der Waals surface area contributed by atoms with Gasteiger partial charge in [0, 0.05) is 5.75 Å². The van der Waals surface area contributed by atoms with Gasteiger partial charge in [0.05, 0.1) is 11.4 Å². The molecule has 1 aliphatic rings. The lowest BCUT2D eigenvalue weighted by Gasteiger charge is -2.29. The van der Waals surface area contributed by atoms with Gasteiger partial charge in [-0.3, -0.25) is 4.79 Å². The van der Waals surface area contributed by atoms with Crippen LogP contribution < -0.4 is 5.73 Å². The third-order valence-electron chi connectivity index (χ3n) is 3.08. The second-order valence-corrected chi connectivity index (χ2v) is 5.78. The highest BCUT2D eigenvalue weighted by atomic mass is 32.2. The number of aliphatic carboxylic acids is 1. The molecule has 3 unspecified atom stereocenters. The van der Waals surface area contributed by atoms with Gasteiger partial charge in [-0.05, 0) is 12.8 Å². The Morgan fingerprint density at radius 3 is 2.61 bits per heavy atom. The molecule has 0 aromatic heterocycles. The van der Waals surface area contributed by atoms with Crippen LogP contribution in [0.1, 0.15) is 39.5 Å². The summed E-state index contributed by atoms with van der Waals surface area (Å²) in [6.45, 7) is 3.99. The van der Waals surface area contributed by atoms with Crippen molar-refractivity contribution in [2.75, 3.05) is 5.75 Å². The zero-order valence-electron chi connectivity index (χ0n) is 11.0. The van der Waals surface area contributed by atoms with E-state index in [0.717, 1.165) is 19.3 Å². The highest BCUT2D eigenvalue weighted by molar-refractivity contribution is 8.00. The van der Waals surface area contributed by atoms with Gasteiger partial charge >= 0.3 is 5.97 Å². The molecule has 1 rings (SSSR count). The minimum Gasteiger partial charge on any atom is -0.480 e. The first-order valence-electron chi connectivity index (χ1n) is 6.45. The first kappa shape index (κ1) is 15.3. The Bertz CT molecular complexity index is 312. The predicted octanol–water partition coefficient (Wildman–Crippen LogP) is 1.27. The number of carboxylic acids is 1. The normalized spacial score (nSPS) is 25.2. The number of hydrogen-bond donors (Lipinski definition) is 2. The maximum Gasteiger partial charge on any atom is 0.327 e. The zero-order valence-corrected chi connectivity index (χ0v) is 11.8. The Morgan fingerprint density at radius 2 is 2.11 bits per heavy atom. The second kappa shape index (κ2) is 6.99. The van der Waals surface area contributed by atoms with Gasteiger partial charge in [0.15, 0.2) is 0 Å². The van der Waals surface area contributed by atoms with Crippen LogP contribution in [0.25, 0.3) is 0 Å². The highest BCUT2D eigenvalue weighted by Crippen LogP contribution is 2.32. The molecule has 3 atom stereocenters. The van der Waals surface area contributed by atoms with E-state index in [1.165, 1.54) is 4.90 Å². The van der Waals surface area contributed by atoms with Gasteiger partial charge in [0.1, 0.15) is 6.04 Å². The fourth-order valence-electron chi connectivity index (χ4n) is 2.14. The van der Waals surface area contributed by atoms with Crippen molar-refractivity contribution < 1.29 is 14.7 Å². The van der Waals surface area contributed by atoms with Gasteiger partial charge in [0.2, 0.25) is 5.91 Å². The molecule has 1 amide bonds. The Kier molecular flexibility index (Phi) is 5.95. The van der Waals surface area contributed by atoms with Crippen molar-refractivity contribution >= 4 is 23.6 Å². The van der Waals surface area contributed by atoms with E-state index in [0.29, 0.717) is 12.2 Å². The standard InChI is InChI=1S/C12H22N2O3S/c1-3-5-8(13)11(15)14-9(12(16)17)7-18-10(14)6-4-2/h8-10H,3-7,13H2,1-2H3,(H,16,17). The summed E-state index contributed by atoms with van der Waals surface area (Å²) in [7, 11) is 0. The largest absolute Gasteiger partial charge is 0.480 e. The smallest absolute Gasteiger partial charge is 0.327 e. The van der Waals surface area contributed by atoms with Gasteiger partial charge in [-0.25, -0.2) is 4.79 Å². The predicted molar refractivity (Wildman–Crippen MR) is 72.3 cm³/mol. The summed E-state index contributed by atoms with van der Waals surface area (Å²) in [6, 6.07) is -1.29. The van der Waals surface area contributed by atoms with Gasteiger partial charge < -0.3 is 15.7 Å². The zero-order chi connectivity index (χ0) is 13.7. The van der Waals surface area contributed by atoms with Crippen LogP contribution in [-0.2, 0) is 9.59 Å². The molecule has 0 bridgehead atoms. The van der Waals surface area contributed by atoms with Crippen molar-refractivity contribution in [1.29, 1.82) is 0 Å². The summed E-state index contributed by atoms with van der Waals surface area (Å²) in [5, 5.41) is 9.15. The Labute approximate surface area is 112 Å². The topological polar surface area (TPSA) is 83.6 Å². The quantitative estimate of drug-likeness (QED) is 0.762. The Morgan fingerprint density at radius 1 is 1.44 bits per heavy atom. The second-order valence-electron chi connectivity index (χ2n) is 4.57. The Balaban J connectivity index is 2.81. The van der Waals surface area contributed by atoms with Crippen molar-refractivity contribution in [3.63, 3.8) is 0 Å². The lowest BCUT2D eigenvalue weighted by molar-refractivity contribution is -0.149. The molecule has 18 heavy (non-hydrogen) atoms. The third-order valence-corrected chi connectivity index (χ3v) is 4.44. The molecular formula is C12H22N2O3S. The molecule has 3 N–H and O–H groups in total. The first-order chi connectivity index (χ1) is 8.52. The Hall–Kier alpha value is -0.750. The van der Waals surface area contributed by atoms with E-state index in [2.05, 4.69) is 0 Å². The van der Waals surface area contributed by atoms with Crippen molar-refractivity contribution in [2.45, 2.75) is 57.0 Å². The molecule has 6 heteroatoms. The monoisotopic (exact) mass is 274 g/mol. The molecule has 5 nitrogen and oxygen atoms in total. The number of hydrogen-bond acceptors (Lipinski definition) is 4. The molecule has 0 aromatic rings. The number of nitrogens with two attached hydrogens (primary N) is 1. The summed E-state index contributed by atoms with van der Waals surface area (Å²) in [5.74, 6) is -0.684. The molecule has 1 saturated heterocycles. The maximum absolute atomic E-state index is 12.3. The average molecular weight is 274 g/mol. The molecule has 0 spiro atoms. The van der Waals surface area contributed by atoms with E-state index >= 15 is 0 Å². The van der Waals surface area contributed by atoms with E-state index in [1.54, 1.807) is 11.8 Å². The summed E-state index contributed by atoms with van der Waals surface area (Å²) in [5.41, 5.74) is 5.83. The number of thioether (sulfide) groups is 1. The van der Waals surface area contributed by atoms with Crippen molar-refractivity contribution in [1.82, 2.24) is 4.90 Å². The third kappa shape index (κ3) is 3.38. The van der Waals surface area contributed by atoms with Crippen LogP contribution in [0.4, 0.5) is 0 Å². The molecule has 0 aliphatic carbocycles. The molecule has 0 radical (unpaired) electrons. The van der Waals surface area contributed by atoms with Crippen molar-refractivity contribution in [3.05, 3.63) is 0 Å². The molecule has 0 saturated carbocycles. The lowest BCUT2D eigenvalue weighted by atomic mass is 10.1. The SMILES string of the molecule is CCCC(N)C(=O)N1C(CCC)SCC1C(=O)O. The van der Waals surface area contributed by atoms with Crippen LogP contribution in [0.3, 0.4) is 0 Å². The number of rotatable bonds is 6. The fourth-order valence-corrected chi connectivity index (χ4v) is 3.67. The minimum atomic E-state index is -0.932. The summed E-state index contributed by atoms with van der Waals surface area (Å²) in [4.78, 5) is 25.0. The van der Waals surface area contributed by atoms with Gasteiger partial charge in [-0.15, -0.1) is 11.8 Å². The first-order valence-corrected chi connectivity index (χ1v) is 7.49. The number of amides is 1. The van der Waals surface area contributed by atoms with E-state index in [1.807, 2.05) is 13.8 Å². The summed E-state index contributed by atoms with van der Waals surface area (Å²) in [6.07, 6.45) is 3.17. The summed E-state index contributed by atoms with van der Waals surface area (Å²) >= 11 is 1.54. The average Bonchev–Trinajstić information content (AvgIpc) is 2.72. The molecule has 1 aliphatic heterocycles. The van der Waals surface area contributed by atoms with Crippen molar-refractivity contribution in [2.24, 2.45) is 5.73 Å². The van der Waals surface area contributed by atoms with Crippen LogP contribution in [0, 0.1) is 0 Å². The van der Waals surface area contributed by atoms with Gasteiger partial charge in [-0.2, -0.15) is 0 Å². The molecular weight excluding hydrogens is 252 g/mol. The number of carbonyl (C=O) groups is 2. The number of nitrogens with zero attached hydrogens (tertiary/aromatic N) is 1. The lowest BCUT2D eigenvalue weighted by Crippen LogP contribution is -2.52. The number of carbonyl (C=O) groups excluding carboxylic acids is 1. The maximum atomic E-state index is 12.3. The van der Waals surface area contributed by atoms with Crippen molar-refractivity contribution in [3.8, 4) is 0 Å². The van der Waals surface area contributed by atoms with E-state index < -0.39 is 18.1 Å². The van der Waals surface area contributed by atoms with Crippen LogP contribution in [0.2, 0.25) is 0 Å². The van der Waals surface area contributed by atoms with Crippen LogP contribution in [0.5, 0.6) is 0 Å². The van der Waals surface area contributed by atoms with E-state index in [-0.39, 0.29) is 11.3 Å². The van der Waals surface area contributed by atoms with E-state index in [9.17, 15) is 14.7 Å². The molecule has 0 aromatic carbocycles. The van der Waals surface area contributed by atoms with Gasteiger partial charge in [-0.1, -0.05) is 26.7 Å². The fraction of sp³-hybridized carbons (Fsp3) is 0.833. The summed E-state index contributed by atoms with van der Waals surface area (Å²) < 4.78 is 0. The number of carboxylic acid groups (broad SMARTS) is 1. The van der Waals surface area contributed by atoms with Crippen LogP contribution in [-0.4, -0.2) is 45.1 Å². The highest BCUT2D eigenvalue weighted by Gasteiger charge is 2.42.